The lowest BCUT2D eigenvalue weighted by molar-refractivity contribution is -0.128. The standard InChI is InChI=1S/C22H29N7O3S/c1-26-15-18(21(25-26)32-3)20-23-24-22(29(20)13-14-31-2)33-16-19(30)28-11-9-27(10-12-28)17-7-5-4-6-8-17/h4-8,15H,9-14,16H2,1-3H3. The molecule has 0 spiro atoms. The van der Waals surface area contributed by atoms with Gasteiger partial charge in [-0.2, -0.15) is 0 Å². The molecule has 0 aliphatic carbocycles. The van der Waals surface area contributed by atoms with Crippen molar-refractivity contribution in [1.82, 2.24) is 29.4 Å². The van der Waals surface area contributed by atoms with Crippen molar-refractivity contribution >= 4 is 23.4 Å². The van der Waals surface area contributed by atoms with Crippen molar-refractivity contribution in [3.05, 3.63) is 36.5 Å². The average molecular weight is 472 g/mol. The highest BCUT2D eigenvalue weighted by molar-refractivity contribution is 7.99. The Bertz CT molecular complexity index is 1060. The number of methoxy groups -OCH3 is 2. The normalized spacial score (nSPS) is 14.0. The lowest BCUT2D eigenvalue weighted by Gasteiger charge is -2.36. The van der Waals surface area contributed by atoms with E-state index in [4.69, 9.17) is 9.47 Å². The van der Waals surface area contributed by atoms with E-state index in [1.165, 1.54) is 17.4 Å². The molecule has 1 aliphatic heterocycles. The van der Waals surface area contributed by atoms with Crippen LogP contribution in [0, 0.1) is 0 Å². The molecular weight excluding hydrogens is 442 g/mol. The summed E-state index contributed by atoms with van der Waals surface area (Å²) in [6, 6.07) is 10.3. The minimum absolute atomic E-state index is 0.106. The van der Waals surface area contributed by atoms with Crippen molar-refractivity contribution in [3.63, 3.8) is 0 Å². The van der Waals surface area contributed by atoms with E-state index in [9.17, 15) is 4.79 Å². The maximum atomic E-state index is 12.9. The third-order valence-electron chi connectivity index (χ3n) is 5.54. The highest BCUT2D eigenvalue weighted by Gasteiger charge is 2.24. The van der Waals surface area contributed by atoms with Gasteiger partial charge in [-0.1, -0.05) is 30.0 Å². The monoisotopic (exact) mass is 471 g/mol. The van der Waals surface area contributed by atoms with Crippen LogP contribution in [-0.4, -0.2) is 88.1 Å². The van der Waals surface area contributed by atoms with Crippen LogP contribution in [0.2, 0.25) is 0 Å². The van der Waals surface area contributed by atoms with Crippen LogP contribution in [0.15, 0.2) is 41.7 Å². The number of aryl methyl sites for hydroxylation is 1. The predicted molar refractivity (Wildman–Crippen MR) is 127 cm³/mol. The van der Waals surface area contributed by atoms with Gasteiger partial charge < -0.3 is 19.3 Å². The smallest absolute Gasteiger partial charge is 0.243 e. The molecule has 33 heavy (non-hydrogen) atoms. The van der Waals surface area contributed by atoms with Crippen LogP contribution in [0.5, 0.6) is 5.88 Å². The van der Waals surface area contributed by atoms with Crippen LogP contribution in [0.25, 0.3) is 11.4 Å². The Labute approximate surface area is 197 Å². The molecule has 1 saturated heterocycles. The first-order valence-electron chi connectivity index (χ1n) is 10.8. The number of carbonyl (C=O) groups is 1. The van der Waals surface area contributed by atoms with Crippen LogP contribution in [-0.2, 0) is 23.1 Å². The van der Waals surface area contributed by atoms with Gasteiger partial charge in [-0.25, -0.2) is 0 Å². The number of para-hydroxylation sites is 1. The van der Waals surface area contributed by atoms with E-state index in [1.807, 2.05) is 40.9 Å². The molecule has 1 aromatic carbocycles. The van der Waals surface area contributed by atoms with Gasteiger partial charge in [0.1, 0.15) is 5.56 Å². The van der Waals surface area contributed by atoms with Crippen LogP contribution in [0.4, 0.5) is 5.69 Å². The van der Waals surface area contributed by atoms with E-state index in [1.54, 1.807) is 18.9 Å². The summed E-state index contributed by atoms with van der Waals surface area (Å²) in [5, 5.41) is 13.7. The molecule has 0 bridgehead atoms. The number of amides is 1. The summed E-state index contributed by atoms with van der Waals surface area (Å²) in [6.45, 7) is 4.14. The molecule has 0 saturated carbocycles. The molecular formula is C22H29N7O3S. The van der Waals surface area contributed by atoms with E-state index in [0.717, 1.165) is 18.7 Å². The minimum Gasteiger partial charge on any atom is -0.479 e. The summed E-state index contributed by atoms with van der Waals surface area (Å²) in [4.78, 5) is 17.1. The molecule has 0 radical (unpaired) electrons. The van der Waals surface area contributed by atoms with Gasteiger partial charge in [-0.05, 0) is 12.1 Å². The van der Waals surface area contributed by atoms with Gasteiger partial charge in [0.2, 0.25) is 11.8 Å². The van der Waals surface area contributed by atoms with E-state index >= 15 is 0 Å². The maximum absolute atomic E-state index is 12.9. The Balaban J connectivity index is 1.40. The van der Waals surface area contributed by atoms with Crippen molar-refractivity contribution in [2.45, 2.75) is 11.7 Å². The fraction of sp³-hybridized carbons (Fsp3) is 0.455. The summed E-state index contributed by atoms with van der Waals surface area (Å²) in [5.74, 6) is 1.53. The quantitative estimate of drug-likeness (QED) is 0.436. The number of aromatic nitrogens is 5. The Morgan fingerprint density at radius 3 is 2.55 bits per heavy atom. The Morgan fingerprint density at radius 2 is 1.85 bits per heavy atom. The van der Waals surface area contributed by atoms with E-state index in [0.29, 0.717) is 48.9 Å². The van der Waals surface area contributed by atoms with Crippen molar-refractivity contribution in [2.75, 3.05) is 57.7 Å². The Hall–Kier alpha value is -3.05. The zero-order valence-corrected chi connectivity index (χ0v) is 20.0. The summed E-state index contributed by atoms with van der Waals surface area (Å²) in [6.07, 6.45) is 1.85. The van der Waals surface area contributed by atoms with Gasteiger partial charge in [0.05, 0.1) is 26.0 Å². The minimum atomic E-state index is 0.106. The number of carbonyl (C=O) groups excluding carboxylic acids is 1. The molecule has 0 N–H and O–H groups in total. The maximum Gasteiger partial charge on any atom is 0.243 e. The highest BCUT2D eigenvalue weighted by atomic mass is 32.2. The van der Waals surface area contributed by atoms with Gasteiger partial charge in [-0.3, -0.25) is 14.0 Å². The fourth-order valence-electron chi connectivity index (χ4n) is 3.82. The number of nitrogens with zero attached hydrogens (tertiary/aromatic N) is 7. The number of benzene rings is 1. The molecule has 1 fully saturated rings. The summed E-state index contributed by atoms with van der Waals surface area (Å²) >= 11 is 1.39. The zero-order valence-electron chi connectivity index (χ0n) is 19.2. The Morgan fingerprint density at radius 1 is 1.09 bits per heavy atom. The Kier molecular flexibility index (Phi) is 7.50. The molecule has 4 rings (SSSR count). The summed E-state index contributed by atoms with van der Waals surface area (Å²) in [7, 11) is 5.06. The van der Waals surface area contributed by atoms with Crippen molar-refractivity contribution < 1.29 is 14.3 Å². The molecule has 3 heterocycles. The fourth-order valence-corrected chi connectivity index (χ4v) is 4.69. The van der Waals surface area contributed by atoms with E-state index < -0.39 is 0 Å². The lowest BCUT2D eigenvalue weighted by atomic mass is 10.2. The van der Waals surface area contributed by atoms with Crippen LogP contribution < -0.4 is 9.64 Å². The van der Waals surface area contributed by atoms with Crippen LogP contribution in [0.3, 0.4) is 0 Å². The third kappa shape index (κ3) is 5.31. The number of rotatable bonds is 9. The van der Waals surface area contributed by atoms with Crippen molar-refractivity contribution in [1.29, 1.82) is 0 Å². The van der Waals surface area contributed by atoms with E-state index in [2.05, 4.69) is 32.3 Å². The molecule has 11 heteroatoms. The van der Waals surface area contributed by atoms with Gasteiger partial charge in [0.25, 0.3) is 0 Å². The molecule has 3 aromatic rings. The molecule has 0 atom stereocenters. The third-order valence-corrected chi connectivity index (χ3v) is 6.49. The van der Waals surface area contributed by atoms with Gasteiger partial charge in [0, 0.05) is 52.2 Å². The highest BCUT2D eigenvalue weighted by Crippen LogP contribution is 2.30. The van der Waals surface area contributed by atoms with Crippen LogP contribution in [0.1, 0.15) is 0 Å². The number of ether oxygens (including phenoxy) is 2. The second-order valence-electron chi connectivity index (χ2n) is 7.67. The van der Waals surface area contributed by atoms with E-state index in [-0.39, 0.29) is 5.91 Å². The lowest BCUT2D eigenvalue weighted by Crippen LogP contribution is -2.49. The van der Waals surface area contributed by atoms with Gasteiger partial charge in [-0.15, -0.1) is 15.3 Å². The second kappa shape index (κ2) is 10.7. The topological polar surface area (TPSA) is 90.5 Å². The summed E-state index contributed by atoms with van der Waals surface area (Å²) < 4.78 is 14.3. The second-order valence-corrected chi connectivity index (χ2v) is 8.61. The largest absolute Gasteiger partial charge is 0.479 e. The SMILES string of the molecule is COCCn1c(SCC(=O)N2CCN(c3ccccc3)CC2)nnc1-c1cn(C)nc1OC. The number of thioether (sulfide) groups is 1. The average Bonchev–Trinajstić information content (AvgIpc) is 3.43. The molecule has 1 amide bonds. The number of piperazine rings is 1. The predicted octanol–water partition coefficient (Wildman–Crippen LogP) is 1.77. The first-order valence-corrected chi connectivity index (χ1v) is 11.8. The summed E-state index contributed by atoms with van der Waals surface area (Å²) in [5.41, 5.74) is 1.95. The first-order chi connectivity index (χ1) is 16.1. The molecule has 10 nitrogen and oxygen atoms in total. The molecule has 2 aromatic heterocycles. The number of anilines is 1. The van der Waals surface area contributed by atoms with Crippen molar-refractivity contribution in [3.8, 4) is 17.3 Å². The van der Waals surface area contributed by atoms with Gasteiger partial charge in [0.15, 0.2) is 11.0 Å². The first kappa shape index (κ1) is 23.1. The molecule has 176 valence electrons. The van der Waals surface area contributed by atoms with Gasteiger partial charge >= 0.3 is 0 Å². The number of hydrogen-bond donors (Lipinski definition) is 0. The number of hydrogen-bond acceptors (Lipinski definition) is 8. The molecule has 0 unspecified atom stereocenters. The zero-order chi connectivity index (χ0) is 23.2. The molecule has 1 aliphatic rings. The van der Waals surface area contributed by atoms with Crippen molar-refractivity contribution in [2.24, 2.45) is 7.05 Å². The van der Waals surface area contributed by atoms with Crippen LogP contribution >= 0.6 is 11.8 Å².